The molecule has 2 aromatic heterocycles. The number of benzene rings is 2. The quantitative estimate of drug-likeness (QED) is 0.247. The van der Waals surface area contributed by atoms with Crippen LogP contribution in [0, 0.1) is 13.8 Å². The summed E-state index contributed by atoms with van der Waals surface area (Å²) in [6.45, 7) is 5.26. The molecule has 0 saturated carbocycles. The second-order valence-corrected chi connectivity index (χ2v) is 9.57. The lowest BCUT2D eigenvalue weighted by atomic mass is 10.2. The van der Waals surface area contributed by atoms with Crippen LogP contribution in [-0.2, 0) is 10.5 Å². The molecule has 0 unspecified atom stereocenters. The summed E-state index contributed by atoms with van der Waals surface area (Å²) in [4.78, 5) is 33.6. The van der Waals surface area contributed by atoms with Gasteiger partial charge in [-0.25, -0.2) is 14.6 Å². The largest absolute Gasteiger partial charge is 0.326 e. The number of halogens is 1. The molecule has 0 atom stereocenters. The fourth-order valence-electron chi connectivity index (χ4n) is 3.36. The standard InChI is InChI=1S/C24H22BrN7O2S/c1-14-11-15(2)27-24(26-14)35-13-21-22(30-31-32(21)20-9-7-17(25)8-10-20)23(34)29-19-6-4-5-18(12-19)28-16(3)33/h4-12H,13H2,1-3H3,(H,28,33)(H,29,34). The average molecular weight is 552 g/mol. The summed E-state index contributed by atoms with van der Waals surface area (Å²) in [5.41, 5.74) is 4.41. The minimum atomic E-state index is -0.412. The number of aryl methyl sites for hydroxylation is 2. The zero-order valence-corrected chi connectivity index (χ0v) is 21.6. The second-order valence-electron chi connectivity index (χ2n) is 7.71. The van der Waals surface area contributed by atoms with Crippen molar-refractivity contribution in [3.8, 4) is 5.69 Å². The Morgan fingerprint density at radius 2 is 1.63 bits per heavy atom. The molecule has 9 nitrogen and oxygen atoms in total. The maximum absolute atomic E-state index is 13.2. The summed E-state index contributed by atoms with van der Waals surface area (Å²) >= 11 is 4.85. The molecule has 4 rings (SSSR count). The SMILES string of the molecule is CC(=O)Nc1cccc(NC(=O)c2nnn(-c3ccc(Br)cc3)c2CSc2nc(C)cc(C)n2)c1. The van der Waals surface area contributed by atoms with Gasteiger partial charge in [0.25, 0.3) is 5.91 Å². The molecule has 0 fully saturated rings. The molecule has 0 aliphatic carbocycles. The van der Waals surface area contributed by atoms with Gasteiger partial charge in [0.2, 0.25) is 5.91 Å². The number of carbonyl (C=O) groups is 2. The summed E-state index contributed by atoms with van der Waals surface area (Å²) < 4.78 is 2.57. The summed E-state index contributed by atoms with van der Waals surface area (Å²) in [6, 6.07) is 16.4. The van der Waals surface area contributed by atoms with E-state index in [0.29, 0.717) is 28.0 Å². The Balaban J connectivity index is 1.64. The molecule has 4 aromatic rings. The van der Waals surface area contributed by atoms with Crippen molar-refractivity contribution >= 4 is 50.9 Å². The number of hydrogen-bond donors (Lipinski definition) is 2. The minimum absolute atomic E-state index is 0.190. The van der Waals surface area contributed by atoms with Crippen LogP contribution in [0.1, 0.15) is 34.5 Å². The number of aromatic nitrogens is 5. The van der Waals surface area contributed by atoms with E-state index in [-0.39, 0.29) is 11.6 Å². The van der Waals surface area contributed by atoms with E-state index in [2.05, 4.69) is 46.8 Å². The maximum Gasteiger partial charge on any atom is 0.278 e. The summed E-state index contributed by atoms with van der Waals surface area (Å²) in [5.74, 6) is -0.232. The van der Waals surface area contributed by atoms with E-state index in [1.165, 1.54) is 18.7 Å². The highest BCUT2D eigenvalue weighted by Crippen LogP contribution is 2.25. The van der Waals surface area contributed by atoms with E-state index in [0.717, 1.165) is 21.5 Å². The summed E-state index contributed by atoms with van der Waals surface area (Å²) in [7, 11) is 0. The van der Waals surface area contributed by atoms with Crippen LogP contribution in [0.15, 0.2) is 64.2 Å². The van der Waals surface area contributed by atoms with Crippen LogP contribution in [0.2, 0.25) is 0 Å². The van der Waals surface area contributed by atoms with Crippen LogP contribution in [-0.4, -0.2) is 36.8 Å². The molecule has 0 spiro atoms. The van der Waals surface area contributed by atoms with Crippen molar-refractivity contribution in [2.45, 2.75) is 31.7 Å². The van der Waals surface area contributed by atoms with E-state index in [1.807, 2.05) is 44.2 Å². The predicted octanol–water partition coefficient (Wildman–Crippen LogP) is 4.94. The van der Waals surface area contributed by atoms with Crippen molar-refractivity contribution in [3.05, 3.63) is 81.8 Å². The first-order chi connectivity index (χ1) is 16.8. The number of hydrogen-bond acceptors (Lipinski definition) is 7. The van der Waals surface area contributed by atoms with E-state index in [1.54, 1.807) is 28.9 Å². The maximum atomic E-state index is 13.2. The third-order valence-corrected chi connectivity index (χ3v) is 6.18. The zero-order valence-electron chi connectivity index (χ0n) is 19.2. The first-order valence-corrected chi connectivity index (χ1v) is 12.4. The van der Waals surface area contributed by atoms with Gasteiger partial charge in [-0.15, -0.1) is 5.10 Å². The predicted molar refractivity (Wildman–Crippen MR) is 139 cm³/mol. The molecule has 0 saturated heterocycles. The zero-order chi connectivity index (χ0) is 24.9. The van der Waals surface area contributed by atoms with E-state index >= 15 is 0 Å². The first kappa shape index (κ1) is 24.6. The van der Waals surface area contributed by atoms with Gasteiger partial charge >= 0.3 is 0 Å². The van der Waals surface area contributed by atoms with Crippen LogP contribution >= 0.6 is 27.7 Å². The average Bonchev–Trinajstić information content (AvgIpc) is 3.21. The van der Waals surface area contributed by atoms with Gasteiger partial charge in [0.05, 0.1) is 11.4 Å². The summed E-state index contributed by atoms with van der Waals surface area (Å²) in [5, 5.41) is 14.6. The topological polar surface area (TPSA) is 115 Å². The molecule has 0 radical (unpaired) electrons. The van der Waals surface area contributed by atoms with Gasteiger partial charge < -0.3 is 10.6 Å². The highest BCUT2D eigenvalue weighted by molar-refractivity contribution is 9.10. The van der Waals surface area contributed by atoms with Crippen LogP contribution in [0.25, 0.3) is 5.69 Å². The van der Waals surface area contributed by atoms with Gasteiger partial charge in [0.15, 0.2) is 10.9 Å². The fourth-order valence-corrected chi connectivity index (χ4v) is 4.56. The number of amides is 2. The number of rotatable bonds is 7. The van der Waals surface area contributed by atoms with Gasteiger partial charge in [0, 0.05) is 39.9 Å². The number of thioether (sulfide) groups is 1. The van der Waals surface area contributed by atoms with Gasteiger partial charge in [0.1, 0.15) is 0 Å². The fraction of sp³-hybridized carbons (Fsp3) is 0.167. The van der Waals surface area contributed by atoms with Crippen LogP contribution in [0.3, 0.4) is 0 Å². The molecule has 35 heavy (non-hydrogen) atoms. The number of nitrogens with one attached hydrogen (secondary N) is 2. The second kappa shape index (κ2) is 10.8. The van der Waals surface area contributed by atoms with Crippen molar-refractivity contribution < 1.29 is 9.59 Å². The van der Waals surface area contributed by atoms with Crippen molar-refractivity contribution in [1.29, 1.82) is 0 Å². The lowest BCUT2D eigenvalue weighted by Gasteiger charge is -2.10. The number of carbonyl (C=O) groups excluding carboxylic acids is 2. The van der Waals surface area contributed by atoms with Gasteiger partial charge in [-0.1, -0.05) is 39.0 Å². The monoisotopic (exact) mass is 551 g/mol. The Bertz CT molecular complexity index is 1370. The number of anilines is 2. The molecule has 0 aliphatic heterocycles. The third kappa shape index (κ3) is 6.31. The normalized spacial score (nSPS) is 10.7. The Morgan fingerprint density at radius 1 is 0.971 bits per heavy atom. The molecule has 2 aromatic carbocycles. The van der Waals surface area contributed by atoms with Crippen molar-refractivity contribution in [1.82, 2.24) is 25.0 Å². The van der Waals surface area contributed by atoms with E-state index < -0.39 is 5.91 Å². The first-order valence-electron chi connectivity index (χ1n) is 10.6. The molecule has 0 aliphatic rings. The van der Waals surface area contributed by atoms with Crippen molar-refractivity contribution in [3.63, 3.8) is 0 Å². The molecular weight excluding hydrogens is 530 g/mol. The van der Waals surface area contributed by atoms with Crippen molar-refractivity contribution in [2.24, 2.45) is 0 Å². The third-order valence-electron chi connectivity index (χ3n) is 4.79. The smallest absolute Gasteiger partial charge is 0.278 e. The molecule has 0 bridgehead atoms. The summed E-state index contributed by atoms with van der Waals surface area (Å²) in [6.07, 6.45) is 0. The lowest BCUT2D eigenvalue weighted by molar-refractivity contribution is -0.114. The molecule has 178 valence electrons. The van der Waals surface area contributed by atoms with E-state index in [9.17, 15) is 9.59 Å². The Kier molecular flexibility index (Phi) is 7.57. The molecule has 11 heteroatoms. The Hall–Kier alpha value is -3.57. The molecule has 2 heterocycles. The molecule has 2 N–H and O–H groups in total. The van der Waals surface area contributed by atoms with Gasteiger partial charge in [-0.05, 0) is 62.4 Å². The van der Waals surface area contributed by atoms with Crippen LogP contribution in [0.4, 0.5) is 11.4 Å². The van der Waals surface area contributed by atoms with Crippen LogP contribution in [0.5, 0.6) is 0 Å². The number of nitrogens with zero attached hydrogens (tertiary/aromatic N) is 5. The Labute approximate surface area is 214 Å². The Morgan fingerprint density at radius 3 is 2.29 bits per heavy atom. The highest BCUT2D eigenvalue weighted by Gasteiger charge is 2.22. The molecular formula is C24H22BrN7O2S. The minimum Gasteiger partial charge on any atom is -0.326 e. The van der Waals surface area contributed by atoms with Crippen LogP contribution < -0.4 is 10.6 Å². The highest BCUT2D eigenvalue weighted by atomic mass is 79.9. The van der Waals surface area contributed by atoms with Gasteiger partial charge in [-0.2, -0.15) is 0 Å². The van der Waals surface area contributed by atoms with Crippen molar-refractivity contribution in [2.75, 3.05) is 10.6 Å². The van der Waals surface area contributed by atoms with E-state index in [4.69, 9.17) is 0 Å². The lowest BCUT2D eigenvalue weighted by Crippen LogP contribution is -2.15. The van der Waals surface area contributed by atoms with Gasteiger partial charge in [-0.3, -0.25) is 9.59 Å². The molecule has 2 amide bonds.